The summed E-state index contributed by atoms with van der Waals surface area (Å²) in [6.45, 7) is 0. The van der Waals surface area contributed by atoms with Crippen molar-refractivity contribution in [2.75, 3.05) is 0 Å². The molecule has 4 nitrogen and oxygen atoms in total. The molecule has 8 rings (SSSR count). The van der Waals surface area contributed by atoms with Gasteiger partial charge in [0.25, 0.3) is 0 Å². The van der Waals surface area contributed by atoms with Gasteiger partial charge in [0.1, 0.15) is 28.0 Å². The smallest absolute Gasteiger partial charge is 0.137 e. The van der Waals surface area contributed by atoms with Crippen molar-refractivity contribution in [1.82, 2.24) is 9.38 Å². The summed E-state index contributed by atoms with van der Waals surface area (Å²) in [7, 11) is 0. The number of para-hydroxylation sites is 1. The van der Waals surface area contributed by atoms with Crippen LogP contribution in [0.4, 0.5) is 0 Å². The normalized spacial score (nSPS) is 12.0. The van der Waals surface area contributed by atoms with E-state index >= 15 is 0 Å². The summed E-state index contributed by atoms with van der Waals surface area (Å²) in [5.41, 5.74) is 8.77. The van der Waals surface area contributed by atoms with E-state index in [0.29, 0.717) is 0 Å². The summed E-state index contributed by atoms with van der Waals surface area (Å²) < 4.78 is 14.4. The Morgan fingerprint density at radius 3 is 2.11 bits per heavy atom. The first kappa shape index (κ1) is 18.6. The second-order valence-corrected chi connectivity index (χ2v) is 8.93. The highest BCUT2D eigenvalue weighted by atomic mass is 16.3. The highest BCUT2D eigenvalue weighted by molar-refractivity contribution is 6.15. The quantitative estimate of drug-likeness (QED) is 0.265. The van der Waals surface area contributed by atoms with Crippen molar-refractivity contribution in [3.8, 4) is 22.4 Å². The van der Waals surface area contributed by atoms with E-state index in [9.17, 15) is 0 Å². The summed E-state index contributed by atoms with van der Waals surface area (Å²) in [6.07, 6.45) is 4.09. The first-order chi connectivity index (χ1) is 17.3. The fourth-order valence-corrected chi connectivity index (χ4v) is 5.11. The summed E-state index contributed by atoms with van der Waals surface area (Å²) in [5, 5.41) is 4.32. The largest absolute Gasteiger partial charge is 0.456 e. The highest BCUT2D eigenvalue weighted by Gasteiger charge is 2.14. The molecule has 0 N–H and O–H groups in total. The summed E-state index contributed by atoms with van der Waals surface area (Å²) in [5.74, 6) is 0. The van der Waals surface area contributed by atoms with Crippen LogP contribution in [0.2, 0.25) is 0 Å². The number of benzene rings is 4. The number of aromatic nitrogens is 2. The van der Waals surface area contributed by atoms with Crippen LogP contribution >= 0.6 is 0 Å². The van der Waals surface area contributed by atoms with Crippen LogP contribution in [-0.4, -0.2) is 9.38 Å². The Labute approximate surface area is 199 Å². The maximum Gasteiger partial charge on any atom is 0.137 e. The molecule has 0 bridgehead atoms. The molecule has 0 aliphatic heterocycles. The molecule has 0 radical (unpaired) electrons. The van der Waals surface area contributed by atoms with Gasteiger partial charge in [-0.1, -0.05) is 48.5 Å². The van der Waals surface area contributed by atoms with E-state index in [2.05, 4.69) is 66.9 Å². The Bertz CT molecular complexity index is 2040. The molecule has 8 aromatic rings. The summed E-state index contributed by atoms with van der Waals surface area (Å²) in [6, 6.07) is 33.3. The fourth-order valence-electron chi connectivity index (χ4n) is 5.11. The van der Waals surface area contributed by atoms with Crippen LogP contribution in [0.15, 0.2) is 118 Å². The van der Waals surface area contributed by atoms with Crippen molar-refractivity contribution in [3.63, 3.8) is 0 Å². The minimum absolute atomic E-state index is 0.870. The lowest BCUT2D eigenvalue weighted by Gasteiger charge is -2.04. The molecule has 164 valence electrons. The molecule has 0 atom stereocenters. The minimum Gasteiger partial charge on any atom is -0.456 e. The number of hydrogen-bond acceptors (Lipinski definition) is 3. The van der Waals surface area contributed by atoms with Crippen LogP contribution in [0.25, 0.3) is 71.9 Å². The van der Waals surface area contributed by atoms with Crippen molar-refractivity contribution in [2.45, 2.75) is 0 Å². The lowest BCUT2D eigenvalue weighted by molar-refractivity contribution is 0.664. The van der Waals surface area contributed by atoms with Crippen molar-refractivity contribution < 1.29 is 8.83 Å². The van der Waals surface area contributed by atoms with Crippen LogP contribution in [0, 0.1) is 0 Å². The number of pyridine rings is 1. The predicted octanol–water partition coefficient (Wildman–Crippen LogP) is 8.47. The second-order valence-electron chi connectivity index (χ2n) is 8.93. The number of nitrogens with zero attached hydrogens (tertiary/aromatic N) is 2. The first-order valence-electron chi connectivity index (χ1n) is 11.6. The molecular weight excluding hydrogens is 432 g/mol. The molecule has 0 amide bonds. The third-order valence-electron chi connectivity index (χ3n) is 6.82. The van der Waals surface area contributed by atoms with E-state index in [1.165, 1.54) is 0 Å². The molecular formula is C31H18N2O2. The Morgan fingerprint density at radius 2 is 1.23 bits per heavy atom. The zero-order chi connectivity index (χ0) is 22.9. The lowest BCUT2D eigenvalue weighted by Crippen LogP contribution is -1.81. The standard InChI is InChI=1S/C31H18N2O2/c1-2-9-27-22(8-1)24-16-30-25(17-29(24)34-27)23-15-20(11-12-28(23)35-30)19-6-5-7-21(14-19)26-18-33-13-4-3-10-31(33)32-26/h1-18H. The molecule has 4 aromatic carbocycles. The summed E-state index contributed by atoms with van der Waals surface area (Å²) in [4.78, 5) is 4.78. The van der Waals surface area contributed by atoms with Gasteiger partial charge in [-0.15, -0.1) is 0 Å². The van der Waals surface area contributed by atoms with Crippen molar-refractivity contribution >= 4 is 49.5 Å². The molecule has 4 heteroatoms. The molecule has 0 unspecified atom stereocenters. The zero-order valence-electron chi connectivity index (χ0n) is 18.6. The van der Waals surface area contributed by atoms with Gasteiger partial charge in [0.2, 0.25) is 0 Å². The monoisotopic (exact) mass is 450 g/mol. The van der Waals surface area contributed by atoms with E-state index in [1.54, 1.807) is 0 Å². The summed E-state index contributed by atoms with van der Waals surface area (Å²) >= 11 is 0. The van der Waals surface area contributed by atoms with Gasteiger partial charge in [0.05, 0.1) is 5.69 Å². The van der Waals surface area contributed by atoms with Crippen molar-refractivity contribution in [3.05, 3.63) is 109 Å². The number of fused-ring (bicyclic) bond motifs is 7. The van der Waals surface area contributed by atoms with E-state index in [4.69, 9.17) is 13.8 Å². The van der Waals surface area contributed by atoms with E-state index in [-0.39, 0.29) is 0 Å². The fraction of sp³-hybridized carbons (Fsp3) is 0. The Hall–Kier alpha value is -4.83. The van der Waals surface area contributed by atoms with E-state index in [1.807, 2.05) is 47.0 Å². The zero-order valence-corrected chi connectivity index (χ0v) is 18.6. The van der Waals surface area contributed by atoms with Crippen LogP contribution in [0.3, 0.4) is 0 Å². The van der Waals surface area contributed by atoms with Crippen LogP contribution < -0.4 is 0 Å². The molecule has 4 aromatic heterocycles. The van der Waals surface area contributed by atoms with E-state index < -0.39 is 0 Å². The average molecular weight is 450 g/mol. The Balaban J connectivity index is 1.29. The number of imidazole rings is 1. The molecule has 4 heterocycles. The predicted molar refractivity (Wildman–Crippen MR) is 141 cm³/mol. The Morgan fingerprint density at radius 1 is 0.514 bits per heavy atom. The van der Waals surface area contributed by atoms with E-state index in [0.717, 1.165) is 71.9 Å². The van der Waals surface area contributed by atoms with Gasteiger partial charge in [-0.05, 0) is 59.7 Å². The number of rotatable bonds is 2. The number of furan rings is 2. The third-order valence-corrected chi connectivity index (χ3v) is 6.82. The highest BCUT2D eigenvalue weighted by Crippen LogP contribution is 2.38. The van der Waals surface area contributed by atoms with Gasteiger partial charge < -0.3 is 13.2 Å². The minimum atomic E-state index is 0.870. The molecule has 0 saturated heterocycles. The van der Waals surface area contributed by atoms with Gasteiger partial charge >= 0.3 is 0 Å². The van der Waals surface area contributed by atoms with Gasteiger partial charge in [-0.3, -0.25) is 0 Å². The first-order valence-corrected chi connectivity index (χ1v) is 11.6. The van der Waals surface area contributed by atoms with Gasteiger partial charge in [-0.2, -0.15) is 0 Å². The molecule has 0 saturated carbocycles. The molecule has 0 fully saturated rings. The third kappa shape index (κ3) is 2.77. The van der Waals surface area contributed by atoms with Crippen LogP contribution in [0.1, 0.15) is 0 Å². The van der Waals surface area contributed by atoms with Gasteiger partial charge in [0, 0.05) is 39.5 Å². The van der Waals surface area contributed by atoms with Crippen molar-refractivity contribution in [2.24, 2.45) is 0 Å². The van der Waals surface area contributed by atoms with Crippen LogP contribution in [-0.2, 0) is 0 Å². The molecule has 0 aliphatic carbocycles. The number of hydrogen-bond donors (Lipinski definition) is 0. The van der Waals surface area contributed by atoms with Gasteiger partial charge in [-0.25, -0.2) is 4.98 Å². The SMILES string of the molecule is c1cc(-c2ccc3oc4cc5c(cc4c3c2)oc2ccccc25)cc(-c2cn3ccccc3n2)c1. The molecule has 35 heavy (non-hydrogen) atoms. The lowest BCUT2D eigenvalue weighted by atomic mass is 10.00. The molecule has 0 aliphatic rings. The Kier molecular flexibility index (Phi) is 3.63. The topological polar surface area (TPSA) is 43.6 Å². The van der Waals surface area contributed by atoms with Gasteiger partial charge in [0.15, 0.2) is 0 Å². The maximum absolute atomic E-state index is 6.24. The molecule has 0 spiro atoms. The second kappa shape index (κ2) is 6.84. The van der Waals surface area contributed by atoms with Crippen LogP contribution in [0.5, 0.6) is 0 Å². The average Bonchev–Trinajstić information content (AvgIpc) is 3.60. The van der Waals surface area contributed by atoms with Crippen molar-refractivity contribution in [1.29, 1.82) is 0 Å². The maximum atomic E-state index is 6.24.